The van der Waals surface area contributed by atoms with Crippen LogP contribution in [-0.2, 0) is 10.8 Å². The van der Waals surface area contributed by atoms with E-state index in [2.05, 4.69) is 39.0 Å². The molecule has 2 aromatic heterocycles. The van der Waals surface area contributed by atoms with Crippen LogP contribution in [0.4, 0.5) is 11.6 Å². The lowest BCUT2D eigenvalue weighted by atomic mass is 9.63. The Labute approximate surface area is 243 Å². The molecule has 8 nitrogen and oxygen atoms in total. The zero-order valence-corrected chi connectivity index (χ0v) is 25.2. The Morgan fingerprint density at radius 1 is 1.18 bits per heavy atom. The van der Waals surface area contributed by atoms with Gasteiger partial charge in [-0.25, -0.2) is 4.98 Å². The van der Waals surface area contributed by atoms with Gasteiger partial charge in [0, 0.05) is 33.5 Å². The summed E-state index contributed by atoms with van der Waals surface area (Å²) in [5, 5.41) is 12.9. The predicted molar refractivity (Wildman–Crippen MR) is 162 cm³/mol. The number of H-pyrrole nitrogens is 1. The molecule has 1 aliphatic heterocycles. The van der Waals surface area contributed by atoms with Gasteiger partial charge in [0.15, 0.2) is 0 Å². The van der Waals surface area contributed by atoms with E-state index in [4.69, 9.17) is 16.7 Å². The molecule has 3 N–H and O–H groups in total. The summed E-state index contributed by atoms with van der Waals surface area (Å²) in [6.45, 7) is 8.83. The van der Waals surface area contributed by atoms with Gasteiger partial charge in [0.25, 0.3) is 5.56 Å². The molecule has 2 saturated carbocycles. The highest BCUT2D eigenvalue weighted by Crippen LogP contribution is 2.52. The second-order valence-electron chi connectivity index (χ2n) is 11.9. The van der Waals surface area contributed by atoms with Crippen molar-refractivity contribution in [1.29, 1.82) is 0 Å². The van der Waals surface area contributed by atoms with Crippen molar-refractivity contribution in [2.45, 2.75) is 94.4 Å². The Bertz CT molecular complexity index is 1420. The molecule has 3 aliphatic rings. The van der Waals surface area contributed by atoms with Crippen LogP contribution in [0, 0.1) is 12.3 Å². The molecule has 3 fully saturated rings. The summed E-state index contributed by atoms with van der Waals surface area (Å²) in [5.74, 6) is 0.371. The standard InChI is InChI=1S/C25H30ClN5O2S.C5H10O/c1-15(2)31-8-6-25(7-9-31)12-19(13-25)34(33)18-4-5-21(16(3)10-18)28-24-27-14-17-11-20(26)23(32)29-22(17)30-24;6-5-3-1-2-4-5/h4-5,10-11,14-15,19H,6-9,12-13H2,1-3H3,(H2,27,28,29,30,32);5-6H,1-4H2. The molecule has 0 amide bonds. The number of nitrogens with zero attached hydrogens (tertiary/aromatic N) is 3. The van der Waals surface area contributed by atoms with Crippen LogP contribution in [0.2, 0.25) is 5.02 Å². The lowest BCUT2D eigenvalue weighted by Crippen LogP contribution is -2.51. The number of piperidine rings is 1. The fourth-order valence-electron chi connectivity index (χ4n) is 6.13. The van der Waals surface area contributed by atoms with Crippen LogP contribution >= 0.6 is 11.6 Å². The second-order valence-corrected chi connectivity index (χ2v) is 14.1. The SMILES string of the molecule is Cc1cc(S(=O)C2CC3(CCN(C(C)C)CC3)C2)ccc1Nc1ncc2cc(Cl)c(=O)[nH]c2n1.OC1CCCC1. The van der Waals surface area contributed by atoms with Gasteiger partial charge in [-0.15, -0.1) is 0 Å². The van der Waals surface area contributed by atoms with Crippen LogP contribution < -0.4 is 10.9 Å². The highest BCUT2D eigenvalue weighted by Gasteiger charge is 2.48. The molecular formula is C30H40ClN5O3S. The molecule has 0 bridgehead atoms. The summed E-state index contributed by atoms with van der Waals surface area (Å²) in [6.07, 6.45) is 10.8. The molecule has 1 spiro atoms. The predicted octanol–water partition coefficient (Wildman–Crippen LogP) is 5.71. The molecule has 10 heteroatoms. The zero-order chi connectivity index (χ0) is 28.4. The first-order valence-electron chi connectivity index (χ1n) is 14.4. The fraction of sp³-hybridized carbons (Fsp3) is 0.567. The van der Waals surface area contributed by atoms with Crippen molar-refractivity contribution in [3.8, 4) is 0 Å². The van der Waals surface area contributed by atoms with Crippen molar-refractivity contribution < 1.29 is 9.32 Å². The Kier molecular flexibility index (Phi) is 8.95. The minimum atomic E-state index is -1.000. The van der Waals surface area contributed by atoms with E-state index in [0.717, 1.165) is 54.9 Å². The topological polar surface area (TPSA) is 111 Å². The number of fused-ring (bicyclic) bond motifs is 1. The molecule has 2 aliphatic carbocycles. The van der Waals surface area contributed by atoms with Gasteiger partial charge in [-0.3, -0.25) is 9.00 Å². The number of rotatable bonds is 5. The average Bonchev–Trinajstić information content (AvgIpc) is 3.40. The summed E-state index contributed by atoms with van der Waals surface area (Å²) in [7, 11) is -1.000. The number of aromatic nitrogens is 3. The van der Waals surface area contributed by atoms with Gasteiger partial charge >= 0.3 is 0 Å². The van der Waals surface area contributed by atoms with Crippen LogP contribution in [0.3, 0.4) is 0 Å². The number of aliphatic hydroxyl groups is 1. The second kappa shape index (κ2) is 12.3. The molecule has 40 heavy (non-hydrogen) atoms. The Balaban J connectivity index is 0.000000477. The van der Waals surface area contributed by atoms with Gasteiger partial charge in [0.05, 0.1) is 16.9 Å². The Hall–Kier alpha value is -2.33. The summed E-state index contributed by atoms with van der Waals surface area (Å²) in [6, 6.07) is 8.01. The highest BCUT2D eigenvalue weighted by atomic mass is 35.5. The molecule has 1 saturated heterocycles. The number of pyridine rings is 1. The van der Waals surface area contributed by atoms with E-state index >= 15 is 0 Å². The minimum Gasteiger partial charge on any atom is -0.393 e. The van der Waals surface area contributed by atoms with Gasteiger partial charge in [-0.05, 0) is 108 Å². The van der Waals surface area contributed by atoms with E-state index in [9.17, 15) is 9.00 Å². The van der Waals surface area contributed by atoms with E-state index in [1.807, 2.05) is 25.1 Å². The first-order valence-corrected chi connectivity index (χ1v) is 16.0. The number of nitrogens with one attached hydrogen (secondary N) is 2. The molecule has 1 unspecified atom stereocenters. The van der Waals surface area contributed by atoms with Crippen molar-refractivity contribution in [1.82, 2.24) is 19.9 Å². The minimum absolute atomic E-state index is 0.0463. The number of aliphatic hydroxyl groups excluding tert-OH is 1. The number of hydrogen-bond acceptors (Lipinski definition) is 7. The van der Waals surface area contributed by atoms with E-state index in [1.54, 1.807) is 12.3 Å². The molecule has 6 rings (SSSR count). The molecule has 3 heterocycles. The molecular weight excluding hydrogens is 546 g/mol. The van der Waals surface area contributed by atoms with Crippen LogP contribution in [-0.4, -0.2) is 59.7 Å². The zero-order valence-electron chi connectivity index (χ0n) is 23.6. The Morgan fingerprint density at radius 3 is 2.48 bits per heavy atom. The summed E-state index contributed by atoms with van der Waals surface area (Å²) < 4.78 is 13.3. The number of aryl methyl sites for hydroxylation is 1. The number of anilines is 2. The van der Waals surface area contributed by atoms with Crippen LogP contribution in [0.5, 0.6) is 0 Å². The molecule has 0 radical (unpaired) electrons. The molecule has 1 aromatic carbocycles. The van der Waals surface area contributed by atoms with Crippen molar-refractivity contribution in [3.05, 3.63) is 51.4 Å². The highest BCUT2D eigenvalue weighted by molar-refractivity contribution is 7.85. The average molecular weight is 586 g/mol. The lowest BCUT2D eigenvalue weighted by Gasteiger charge is -2.52. The first kappa shape index (κ1) is 29.2. The van der Waals surface area contributed by atoms with Crippen molar-refractivity contribution in [2.75, 3.05) is 18.4 Å². The van der Waals surface area contributed by atoms with Crippen molar-refractivity contribution in [2.24, 2.45) is 5.41 Å². The molecule has 3 aromatic rings. The summed E-state index contributed by atoms with van der Waals surface area (Å²) >= 11 is 5.87. The number of benzene rings is 1. The lowest BCUT2D eigenvalue weighted by molar-refractivity contribution is 0.0257. The van der Waals surface area contributed by atoms with Crippen molar-refractivity contribution in [3.63, 3.8) is 0 Å². The van der Waals surface area contributed by atoms with Gasteiger partial charge in [-0.2, -0.15) is 4.98 Å². The van der Waals surface area contributed by atoms with Crippen LogP contribution in [0.15, 0.2) is 40.2 Å². The maximum Gasteiger partial charge on any atom is 0.268 e. The van der Waals surface area contributed by atoms with Gasteiger partial charge in [0.1, 0.15) is 10.7 Å². The van der Waals surface area contributed by atoms with Gasteiger partial charge in [-0.1, -0.05) is 24.4 Å². The molecule has 216 valence electrons. The third kappa shape index (κ3) is 6.59. The fourth-order valence-corrected chi connectivity index (χ4v) is 8.18. The number of aromatic amines is 1. The maximum atomic E-state index is 13.3. The largest absolute Gasteiger partial charge is 0.393 e. The van der Waals surface area contributed by atoms with E-state index in [0.29, 0.717) is 28.4 Å². The smallest absolute Gasteiger partial charge is 0.268 e. The maximum absolute atomic E-state index is 13.3. The number of hydrogen-bond donors (Lipinski definition) is 3. The quantitative estimate of drug-likeness (QED) is 0.352. The summed E-state index contributed by atoms with van der Waals surface area (Å²) in [4.78, 5) is 26.6. The third-order valence-corrected chi connectivity index (χ3v) is 10.7. The van der Waals surface area contributed by atoms with Gasteiger partial charge < -0.3 is 20.3 Å². The monoisotopic (exact) mass is 585 g/mol. The number of likely N-dealkylation sites (tertiary alicyclic amines) is 1. The van der Waals surface area contributed by atoms with E-state index in [1.165, 1.54) is 25.7 Å². The van der Waals surface area contributed by atoms with E-state index in [-0.39, 0.29) is 21.9 Å². The number of halogens is 1. The van der Waals surface area contributed by atoms with Crippen LogP contribution in [0.25, 0.3) is 11.0 Å². The van der Waals surface area contributed by atoms with Crippen molar-refractivity contribution >= 4 is 45.1 Å². The van der Waals surface area contributed by atoms with E-state index < -0.39 is 10.8 Å². The first-order chi connectivity index (χ1) is 19.1. The van der Waals surface area contributed by atoms with Crippen LogP contribution in [0.1, 0.15) is 70.8 Å². The van der Waals surface area contributed by atoms with Gasteiger partial charge in [0.2, 0.25) is 5.95 Å². The molecule has 1 atom stereocenters. The Morgan fingerprint density at radius 2 is 1.88 bits per heavy atom. The normalized spacial score (nSPS) is 20.4. The summed E-state index contributed by atoms with van der Waals surface area (Å²) in [5.41, 5.74) is 2.24. The third-order valence-electron chi connectivity index (χ3n) is 8.76.